The van der Waals surface area contributed by atoms with Crippen LogP contribution in [-0.2, 0) is 19.9 Å². The molecule has 8 heteroatoms. The van der Waals surface area contributed by atoms with Gasteiger partial charge in [-0.05, 0) is 30.2 Å². The van der Waals surface area contributed by atoms with Crippen molar-refractivity contribution >= 4 is 33.8 Å². The molecule has 1 aliphatic heterocycles. The van der Waals surface area contributed by atoms with Crippen LogP contribution in [0.1, 0.15) is 50.3 Å². The van der Waals surface area contributed by atoms with E-state index in [0.717, 1.165) is 15.6 Å². The first-order valence-electron chi connectivity index (χ1n) is 10.2. The predicted molar refractivity (Wildman–Crippen MR) is 120 cm³/mol. The average Bonchev–Trinajstić information content (AvgIpc) is 2.77. The minimum atomic E-state index is -0.901. The van der Waals surface area contributed by atoms with Crippen LogP contribution in [0, 0.1) is 0 Å². The first-order valence-corrected chi connectivity index (χ1v) is 11.0. The second-order valence-electron chi connectivity index (χ2n) is 7.63. The Morgan fingerprint density at radius 2 is 1.81 bits per heavy atom. The van der Waals surface area contributed by atoms with Crippen LogP contribution in [0.2, 0.25) is 0 Å². The third-order valence-electron chi connectivity index (χ3n) is 5.53. The molecule has 2 aromatic rings. The molecular weight excluding hydrogens is 462 g/mol. The molecule has 2 N–H and O–H groups in total. The summed E-state index contributed by atoms with van der Waals surface area (Å²) in [6.45, 7) is 3.79. The highest BCUT2D eigenvalue weighted by Crippen LogP contribution is 2.40. The molecule has 2 unspecified atom stereocenters. The molecule has 1 aliphatic rings. The maximum absolute atomic E-state index is 13.1. The van der Waals surface area contributed by atoms with Gasteiger partial charge in [-0.15, -0.1) is 0 Å². The number of nitrogens with one attached hydrogen (secondary N) is 2. The van der Waals surface area contributed by atoms with Gasteiger partial charge in [0, 0.05) is 37.2 Å². The van der Waals surface area contributed by atoms with E-state index in [1.54, 1.807) is 4.90 Å². The topological polar surface area (TPSA) is 87.7 Å². The lowest BCUT2D eigenvalue weighted by atomic mass is 9.84. The summed E-state index contributed by atoms with van der Waals surface area (Å²) < 4.78 is 7.00. The lowest BCUT2D eigenvalue weighted by Gasteiger charge is -2.43. The van der Waals surface area contributed by atoms with Crippen LogP contribution in [0.5, 0.6) is 0 Å². The number of carbonyl (C=O) groups excluding carboxylic acids is 3. The number of hydrazine groups is 1. The number of carbonyl (C=O) groups is 3. The minimum absolute atomic E-state index is 0.102. The number of benzene rings is 2. The van der Waals surface area contributed by atoms with Crippen LogP contribution >= 0.6 is 15.9 Å². The standard InChI is InChI=1S/C23H26BrN3O4/c1-16(18-8-10-20(24)11-9-18)27-15-14-23(31-22(27)30,19-6-4-3-5-7-19)13-12-21(29)26-25-17(2)28/h3-11,16H,12-15H2,1-2H3,(H,25,28)(H,26,29). The van der Waals surface area contributed by atoms with E-state index in [2.05, 4.69) is 26.8 Å². The molecule has 1 fully saturated rings. The molecule has 0 bridgehead atoms. The first-order chi connectivity index (χ1) is 14.8. The van der Waals surface area contributed by atoms with Crippen LogP contribution in [0.4, 0.5) is 4.79 Å². The molecular formula is C23H26BrN3O4. The lowest BCUT2D eigenvalue weighted by molar-refractivity contribution is -0.129. The molecule has 7 nitrogen and oxygen atoms in total. The lowest BCUT2D eigenvalue weighted by Crippen LogP contribution is -2.49. The molecule has 31 heavy (non-hydrogen) atoms. The normalized spacial score (nSPS) is 19.3. The van der Waals surface area contributed by atoms with Crippen molar-refractivity contribution in [3.63, 3.8) is 0 Å². The summed E-state index contributed by atoms with van der Waals surface area (Å²) in [6.07, 6.45) is 0.559. The molecule has 2 aromatic carbocycles. The smallest absolute Gasteiger partial charge is 0.411 e. The largest absolute Gasteiger partial charge is 0.438 e. The number of cyclic esters (lactones) is 1. The molecule has 1 saturated heterocycles. The summed E-state index contributed by atoms with van der Waals surface area (Å²) in [6, 6.07) is 17.2. The van der Waals surface area contributed by atoms with Crippen molar-refractivity contribution in [3.8, 4) is 0 Å². The number of nitrogens with zero attached hydrogens (tertiary/aromatic N) is 1. The van der Waals surface area contributed by atoms with Crippen molar-refractivity contribution in [2.45, 2.75) is 44.8 Å². The van der Waals surface area contributed by atoms with Gasteiger partial charge in [0.05, 0.1) is 6.04 Å². The first kappa shape index (κ1) is 22.8. The van der Waals surface area contributed by atoms with E-state index >= 15 is 0 Å². The van der Waals surface area contributed by atoms with Gasteiger partial charge in [-0.2, -0.15) is 0 Å². The Morgan fingerprint density at radius 3 is 2.42 bits per heavy atom. The number of hydrogen-bond acceptors (Lipinski definition) is 4. The van der Waals surface area contributed by atoms with Gasteiger partial charge in [0.1, 0.15) is 5.60 Å². The highest BCUT2D eigenvalue weighted by Gasteiger charge is 2.43. The number of halogens is 1. The summed E-state index contributed by atoms with van der Waals surface area (Å²) in [5.74, 6) is -0.694. The molecule has 0 saturated carbocycles. The number of ether oxygens (including phenoxy) is 1. The monoisotopic (exact) mass is 487 g/mol. The van der Waals surface area contributed by atoms with Gasteiger partial charge in [0.2, 0.25) is 11.8 Å². The molecule has 164 valence electrons. The Hall–Kier alpha value is -2.87. The van der Waals surface area contributed by atoms with E-state index in [1.165, 1.54) is 6.92 Å². The van der Waals surface area contributed by atoms with Gasteiger partial charge >= 0.3 is 6.09 Å². The van der Waals surface area contributed by atoms with Gasteiger partial charge in [-0.3, -0.25) is 20.4 Å². The van der Waals surface area contributed by atoms with Crippen molar-refractivity contribution in [3.05, 3.63) is 70.2 Å². The fourth-order valence-corrected chi connectivity index (χ4v) is 4.01. The van der Waals surface area contributed by atoms with Crippen molar-refractivity contribution in [1.29, 1.82) is 0 Å². The molecule has 1 heterocycles. The maximum Gasteiger partial charge on any atom is 0.411 e. The number of amides is 3. The van der Waals surface area contributed by atoms with Gasteiger partial charge in [0.25, 0.3) is 0 Å². The second-order valence-corrected chi connectivity index (χ2v) is 8.54. The average molecular weight is 488 g/mol. The van der Waals surface area contributed by atoms with Crippen LogP contribution in [0.25, 0.3) is 0 Å². The van der Waals surface area contributed by atoms with Gasteiger partial charge < -0.3 is 9.64 Å². The maximum atomic E-state index is 13.1. The second kappa shape index (κ2) is 9.96. The van der Waals surface area contributed by atoms with Gasteiger partial charge in [-0.1, -0.05) is 58.4 Å². The summed E-state index contributed by atoms with van der Waals surface area (Å²) in [5.41, 5.74) is 5.61. The highest BCUT2D eigenvalue weighted by molar-refractivity contribution is 9.10. The molecule has 0 radical (unpaired) electrons. The van der Waals surface area contributed by atoms with Crippen molar-refractivity contribution in [1.82, 2.24) is 15.8 Å². The van der Waals surface area contributed by atoms with Gasteiger partial charge in [-0.25, -0.2) is 4.79 Å². The van der Waals surface area contributed by atoms with E-state index in [-0.39, 0.29) is 24.3 Å². The van der Waals surface area contributed by atoms with Crippen molar-refractivity contribution < 1.29 is 19.1 Å². The Kier molecular flexibility index (Phi) is 7.33. The molecule has 3 amide bonds. The van der Waals surface area contributed by atoms with Crippen LogP contribution in [-0.4, -0.2) is 29.4 Å². The van der Waals surface area contributed by atoms with E-state index in [4.69, 9.17) is 4.74 Å². The molecule has 0 aliphatic carbocycles. The van der Waals surface area contributed by atoms with Crippen LogP contribution in [0.15, 0.2) is 59.1 Å². The molecule has 2 atom stereocenters. The third-order valence-corrected chi connectivity index (χ3v) is 6.06. The molecule has 0 spiro atoms. The highest BCUT2D eigenvalue weighted by atomic mass is 79.9. The third kappa shape index (κ3) is 5.64. The summed E-state index contributed by atoms with van der Waals surface area (Å²) in [7, 11) is 0. The fourth-order valence-electron chi connectivity index (χ4n) is 3.74. The van der Waals surface area contributed by atoms with Gasteiger partial charge in [0.15, 0.2) is 0 Å². The van der Waals surface area contributed by atoms with E-state index in [1.807, 2.05) is 61.5 Å². The van der Waals surface area contributed by atoms with Crippen molar-refractivity contribution in [2.24, 2.45) is 0 Å². The molecule has 3 rings (SSSR count). The predicted octanol–water partition coefficient (Wildman–Crippen LogP) is 4.20. The number of rotatable bonds is 6. The summed E-state index contributed by atoms with van der Waals surface area (Å²) in [5, 5.41) is 0. The van der Waals surface area contributed by atoms with E-state index < -0.39 is 11.7 Å². The minimum Gasteiger partial charge on any atom is -0.438 e. The van der Waals surface area contributed by atoms with E-state index in [9.17, 15) is 14.4 Å². The fraction of sp³-hybridized carbons (Fsp3) is 0.348. The van der Waals surface area contributed by atoms with Crippen LogP contribution < -0.4 is 10.9 Å². The Balaban J connectivity index is 1.75. The zero-order chi connectivity index (χ0) is 22.4. The Labute approximate surface area is 190 Å². The summed E-state index contributed by atoms with van der Waals surface area (Å²) in [4.78, 5) is 37.9. The molecule has 0 aromatic heterocycles. The van der Waals surface area contributed by atoms with Crippen LogP contribution in [0.3, 0.4) is 0 Å². The van der Waals surface area contributed by atoms with E-state index in [0.29, 0.717) is 19.4 Å². The van der Waals surface area contributed by atoms with Crippen molar-refractivity contribution in [2.75, 3.05) is 6.54 Å². The Morgan fingerprint density at radius 1 is 1.13 bits per heavy atom. The quantitative estimate of drug-likeness (QED) is 0.597. The zero-order valence-corrected chi connectivity index (χ0v) is 19.1. The zero-order valence-electron chi connectivity index (χ0n) is 17.6. The number of hydrogen-bond donors (Lipinski definition) is 2. The SMILES string of the molecule is CC(=O)NNC(=O)CCC1(c2ccccc2)CCN(C(C)c2ccc(Br)cc2)C(=O)O1. The summed E-state index contributed by atoms with van der Waals surface area (Å²) >= 11 is 3.43. The Bertz CT molecular complexity index is 936.